The fraction of sp³-hybridized carbons (Fsp3) is 0.474. The Bertz CT molecular complexity index is 677. The van der Waals surface area contributed by atoms with Crippen molar-refractivity contribution in [1.82, 2.24) is 14.5 Å². The third-order valence-electron chi connectivity index (χ3n) is 4.33. The average molecular weight is 359 g/mol. The lowest BCUT2D eigenvalue weighted by molar-refractivity contribution is -0.135. The maximum absolute atomic E-state index is 12.5. The number of β-amino-alcohol motifs (C(OH)–C–C–N with tert-alkyl or cyclic N) is 1. The van der Waals surface area contributed by atoms with E-state index < -0.39 is 5.60 Å². The molecule has 1 aliphatic heterocycles. The summed E-state index contributed by atoms with van der Waals surface area (Å²) in [7, 11) is 0. The Labute approximate surface area is 153 Å². The minimum absolute atomic E-state index is 0.0220. The van der Waals surface area contributed by atoms with Gasteiger partial charge < -0.3 is 24.0 Å². The molecule has 0 aliphatic carbocycles. The number of imidazole rings is 1. The minimum Gasteiger partial charge on any atom is -0.490 e. The Kier molecular flexibility index (Phi) is 6.25. The van der Waals surface area contributed by atoms with Gasteiger partial charge in [-0.1, -0.05) is 18.2 Å². The summed E-state index contributed by atoms with van der Waals surface area (Å²) in [6, 6.07) is 9.32. The molecule has 1 fully saturated rings. The number of aliphatic hydroxyl groups is 1. The van der Waals surface area contributed by atoms with E-state index in [0.29, 0.717) is 25.3 Å². The zero-order chi connectivity index (χ0) is 18.2. The van der Waals surface area contributed by atoms with Crippen molar-refractivity contribution in [1.29, 1.82) is 0 Å². The van der Waals surface area contributed by atoms with Crippen LogP contribution in [0.15, 0.2) is 49.1 Å². The molecule has 0 spiro atoms. The van der Waals surface area contributed by atoms with Crippen molar-refractivity contribution in [2.75, 3.05) is 32.9 Å². The number of hydrogen-bond acceptors (Lipinski definition) is 5. The number of amides is 1. The highest BCUT2D eigenvalue weighted by molar-refractivity contribution is 5.76. The van der Waals surface area contributed by atoms with Gasteiger partial charge in [-0.25, -0.2) is 4.98 Å². The van der Waals surface area contributed by atoms with Crippen LogP contribution in [-0.4, -0.2) is 64.0 Å². The Morgan fingerprint density at radius 1 is 1.35 bits per heavy atom. The summed E-state index contributed by atoms with van der Waals surface area (Å²) >= 11 is 0. The highest BCUT2D eigenvalue weighted by Gasteiger charge is 2.35. The number of aryl methyl sites for hydroxylation is 1. The van der Waals surface area contributed by atoms with E-state index in [1.165, 1.54) is 0 Å². The summed E-state index contributed by atoms with van der Waals surface area (Å²) in [5.41, 5.74) is -1.22. The van der Waals surface area contributed by atoms with E-state index >= 15 is 0 Å². The van der Waals surface area contributed by atoms with Crippen LogP contribution in [0.2, 0.25) is 0 Å². The SMILES string of the molecule is O=C(CCCn1ccnc1)N1CCOC[C@](O)(COc2ccccc2)C1. The van der Waals surface area contributed by atoms with Crippen LogP contribution in [0.25, 0.3) is 0 Å². The van der Waals surface area contributed by atoms with Crippen molar-refractivity contribution < 1.29 is 19.4 Å². The first-order valence-corrected chi connectivity index (χ1v) is 8.86. The Morgan fingerprint density at radius 3 is 2.96 bits per heavy atom. The molecular formula is C19H25N3O4. The largest absolute Gasteiger partial charge is 0.490 e. The van der Waals surface area contributed by atoms with Crippen LogP contribution >= 0.6 is 0 Å². The van der Waals surface area contributed by atoms with E-state index in [1.54, 1.807) is 17.4 Å². The van der Waals surface area contributed by atoms with Crippen molar-refractivity contribution in [3.05, 3.63) is 49.1 Å². The summed E-state index contributed by atoms with van der Waals surface area (Å²) in [4.78, 5) is 18.2. The van der Waals surface area contributed by atoms with Crippen molar-refractivity contribution in [3.63, 3.8) is 0 Å². The second kappa shape index (κ2) is 8.82. The normalized spacial score (nSPS) is 20.6. The summed E-state index contributed by atoms with van der Waals surface area (Å²) in [5.74, 6) is 0.706. The molecule has 0 unspecified atom stereocenters. The molecule has 1 aromatic heterocycles. The van der Waals surface area contributed by atoms with Gasteiger partial charge in [0.05, 0.1) is 26.1 Å². The summed E-state index contributed by atoms with van der Waals surface area (Å²) in [6.07, 6.45) is 6.49. The van der Waals surface area contributed by atoms with Gasteiger partial charge in [-0.3, -0.25) is 4.79 Å². The highest BCUT2D eigenvalue weighted by Crippen LogP contribution is 2.17. The topological polar surface area (TPSA) is 76.8 Å². The Morgan fingerprint density at radius 2 is 2.19 bits per heavy atom. The second-order valence-electron chi connectivity index (χ2n) is 6.60. The molecule has 7 heteroatoms. The molecule has 26 heavy (non-hydrogen) atoms. The summed E-state index contributed by atoms with van der Waals surface area (Å²) in [6.45, 7) is 2.09. The van der Waals surface area contributed by atoms with Gasteiger partial charge in [-0.15, -0.1) is 0 Å². The Balaban J connectivity index is 1.51. The van der Waals surface area contributed by atoms with Crippen molar-refractivity contribution in [3.8, 4) is 5.75 Å². The first kappa shape index (κ1) is 18.4. The van der Waals surface area contributed by atoms with Crippen LogP contribution in [0.3, 0.4) is 0 Å². The predicted molar refractivity (Wildman–Crippen MR) is 95.7 cm³/mol. The third-order valence-corrected chi connectivity index (χ3v) is 4.33. The first-order valence-electron chi connectivity index (χ1n) is 8.86. The molecule has 1 N–H and O–H groups in total. The lowest BCUT2D eigenvalue weighted by Gasteiger charge is -2.30. The lowest BCUT2D eigenvalue weighted by Crippen LogP contribution is -2.50. The van der Waals surface area contributed by atoms with Gasteiger partial charge in [0.25, 0.3) is 0 Å². The van der Waals surface area contributed by atoms with Crippen LogP contribution in [0, 0.1) is 0 Å². The van der Waals surface area contributed by atoms with Crippen LogP contribution < -0.4 is 4.74 Å². The number of ether oxygens (including phenoxy) is 2. The molecule has 1 saturated heterocycles. The average Bonchev–Trinajstić information content (AvgIpc) is 3.09. The molecule has 2 aromatic rings. The Hall–Kier alpha value is -2.38. The van der Waals surface area contributed by atoms with Crippen LogP contribution in [0.5, 0.6) is 5.75 Å². The fourth-order valence-electron chi connectivity index (χ4n) is 2.94. The van der Waals surface area contributed by atoms with Crippen molar-refractivity contribution in [2.45, 2.75) is 25.0 Å². The number of carbonyl (C=O) groups excluding carboxylic acids is 1. The minimum atomic E-state index is -1.22. The summed E-state index contributed by atoms with van der Waals surface area (Å²) in [5, 5.41) is 10.9. The molecule has 0 saturated carbocycles. The zero-order valence-corrected chi connectivity index (χ0v) is 14.8. The smallest absolute Gasteiger partial charge is 0.222 e. The number of carbonyl (C=O) groups is 1. The monoisotopic (exact) mass is 359 g/mol. The molecule has 1 aromatic carbocycles. The van der Waals surface area contributed by atoms with Gasteiger partial charge in [-0.2, -0.15) is 0 Å². The number of benzene rings is 1. The van der Waals surface area contributed by atoms with Gasteiger partial charge in [0, 0.05) is 31.9 Å². The van der Waals surface area contributed by atoms with E-state index in [2.05, 4.69) is 4.98 Å². The molecule has 0 radical (unpaired) electrons. The third kappa shape index (κ3) is 5.31. The van der Waals surface area contributed by atoms with Gasteiger partial charge in [-0.05, 0) is 18.6 Å². The lowest BCUT2D eigenvalue weighted by atomic mass is 10.1. The standard InChI is InChI=1S/C19H25N3O4/c23-18(7-4-9-21-10-8-20-16-21)22-11-12-25-14-19(24,13-22)15-26-17-5-2-1-3-6-17/h1-3,5-6,8,10,16,24H,4,7,9,11-15H2/t19-/m0/s1. The molecule has 1 atom stereocenters. The molecule has 1 amide bonds. The molecule has 3 rings (SSSR count). The molecule has 7 nitrogen and oxygen atoms in total. The summed E-state index contributed by atoms with van der Waals surface area (Å²) < 4.78 is 13.1. The zero-order valence-electron chi connectivity index (χ0n) is 14.8. The maximum atomic E-state index is 12.5. The predicted octanol–water partition coefficient (Wildman–Crippen LogP) is 1.33. The van der Waals surface area contributed by atoms with E-state index in [4.69, 9.17) is 9.47 Å². The number of para-hydroxylation sites is 1. The van der Waals surface area contributed by atoms with Gasteiger partial charge in [0.1, 0.15) is 18.0 Å². The fourth-order valence-corrected chi connectivity index (χ4v) is 2.94. The molecule has 0 bridgehead atoms. The molecule has 2 heterocycles. The van der Waals surface area contributed by atoms with E-state index in [9.17, 15) is 9.90 Å². The van der Waals surface area contributed by atoms with E-state index in [0.717, 1.165) is 13.0 Å². The van der Waals surface area contributed by atoms with Gasteiger partial charge >= 0.3 is 0 Å². The van der Waals surface area contributed by atoms with Crippen molar-refractivity contribution in [2.24, 2.45) is 0 Å². The number of nitrogens with zero attached hydrogens (tertiary/aromatic N) is 3. The quantitative estimate of drug-likeness (QED) is 0.807. The second-order valence-corrected chi connectivity index (χ2v) is 6.60. The first-order chi connectivity index (χ1) is 12.6. The molecular weight excluding hydrogens is 334 g/mol. The van der Waals surface area contributed by atoms with E-state index in [-0.39, 0.29) is 25.7 Å². The van der Waals surface area contributed by atoms with Gasteiger partial charge in [0.2, 0.25) is 5.91 Å². The number of hydrogen-bond donors (Lipinski definition) is 1. The van der Waals surface area contributed by atoms with Gasteiger partial charge in [0.15, 0.2) is 0 Å². The molecule has 1 aliphatic rings. The van der Waals surface area contributed by atoms with Crippen molar-refractivity contribution >= 4 is 5.91 Å². The van der Waals surface area contributed by atoms with E-state index in [1.807, 2.05) is 41.1 Å². The number of aromatic nitrogens is 2. The van der Waals surface area contributed by atoms with Crippen LogP contribution in [0.4, 0.5) is 0 Å². The number of rotatable bonds is 7. The van der Waals surface area contributed by atoms with Crippen LogP contribution in [0.1, 0.15) is 12.8 Å². The molecule has 140 valence electrons. The maximum Gasteiger partial charge on any atom is 0.222 e. The van der Waals surface area contributed by atoms with Crippen LogP contribution in [-0.2, 0) is 16.1 Å². The highest BCUT2D eigenvalue weighted by atomic mass is 16.5.